The Hall–Kier alpha value is -3.02. The van der Waals surface area contributed by atoms with Crippen LogP contribution in [0, 0.1) is 0 Å². The summed E-state index contributed by atoms with van der Waals surface area (Å²) in [7, 11) is 0. The van der Waals surface area contributed by atoms with Crippen molar-refractivity contribution < 1.29 is 14.7 Å². The van der Waals surface area contributed by atoms with Crippen LogP contribution in [0.1, 0.15) is 48.4 Å². The monoisotopic (exact) mass is 337 g/mol. The molecule has 6 heteroatoms. The number of Topliss-reactive ketones (excluding diaryl/α,β-unsaturated/α-hetero) is 1. The second kappa shape index (κ2) is 6.47. The fraction of sp³-hybridized carbons (Fsp3) is 0.263. The van der Waals surface area contributed by atoms with Crippen molar-refractivity contribution in [3.63, 3.8) is 0 Å². The van der Waals surface area contributed by atoms with Crippen molar-refractivity contribution in [3.8, 4) is 5.69 Å². The van der Waals surface area contributed by atoms with Crippen LogP contribution >= 0.6 is 0 Å². The molecule has 6 nitrogen and oxygen atoms in total. The van der Waals surface area contributed by atoms with Gasteiger partial charge in [-0.3, -0.25) is 14.2 Å². The van der Waals surface area contributed by atoms with E-state index in [9.17, 15) is 9.59 Å². The first-order valence-corrected chi connectivity index (χ1v) is 8.13. The van der Waals surface area contributed by atoms with E-state index in [0.717, 1.165) is 17.1 Å². The van der Waals surface area contributed by atoms with E-state index in [4.69, 9.17) is 5.11 Å². The number of fused-ring (bicyclic) bond motifs is 1. The van der Waals surface area contributed by atoms with Gasteiger partial charge < -0.3 is 5.11 Å². The van der Waals surface area contributed by atoms with E-state index in [0.29, 0.717) is 23.1 Å². The molecular formula is C19H19N3O3. The highest BCUT2D eigenvalue weighted by atomic mass is 16.4. The van der Waals surface area contributed by atoms with Crippen molar-refractivity contribution in [1.29, 1.82) is 0 Å². The lowest BCUT2D eigenvalue weighted by molar-refractivity contribution is -0.138. The lowest BCUT2D eigenvalue weighted by Gasteiger charge is -2.10. The molecule has 0 bridgehead atoms. The zero-order valence-corrected chi connectivity index (χ0v) is 14.4. The van der Waals surface area contributed by atoms with Gasteiger partial charge in [0.1, 0.15) is 11.3 Å². The summed E-state index contributed by atoms with van der Waals surface area (Å²) in [4.78, 5) is 31.7. The number of hydrogen-bond acceptors (Lipinski definition) is 4. The first kappa shape index (κ1) is 16.8. The van der Waals surface area contributed by atoms with E-state index < -0.39 is 11.9 Å². The molecule has 0 amide bonds. The van der Waals surface area contributed by atoms with Crippen LogP contribution in [0.25, 0.3) is 16.9 Å². The molecule has 0 fully saturated rings. The average Bonchev–Trinajstić information content (AvgIpc) is 2.98. The van der Waals surface area contributed by atoms with E-state index in [1.54, 1.807) is 19.2 Å². The summed E-state index contributed by atoms with van der Waals surface area (Å²) in [6.45, 7) is 5.17. The molecule has 0 aliphatic heterocycles. The first-order chi connectivity index (χ1) is 11.9. The number of carboxylic acids is 1. The van der Waals surface area contributed by atoms with Gasteiger partial charge in [-0.15, -0.1) is 0 Å². The molecule has 0 saturated carbocycles. The number of carbonyl (C=O) groups excluding carboxylic acids is 1. The second-order valence-electron chi connectivity index (χ2n) is 5.99. The van der Waals surface area contributed by atoms with E-state index in [1.165, 1.54) is 6.92 Å². The average molecular weight is 337 g/mol. The number of rotatable bonds is 5. The molecule has 0 saturated heterocycles. The number of nitrogens with zero attached hydrogens (tertiary/aromatic N) is 3. The third kappa shape index (κ3) is 3.03. The summed E-state index contributed by atoms with van der Waals surface area (Å²) in [5, 5.41) is 9.13. The minimum atomic E-state index is -0.853. The number of aromatic nitrogens is 3. The second-order valence-corrected chi connectivity index (χ2v) is 5.99. The summed E-state index contributed by atoms with van der Waals surface area (Å²) in [6.07, 6.45) is 2.27. The van der Waals surface area contributed by atoms with Crippen LogP contribution in [0.3, 0.4) is 0 Å². The normalized spacial score (nSPS) is 12.3. The van der Waals surface area contributed by atoms with Crippen LogP contribution in [0.15, 0.2) is 36.5 Å². The van der Waals surface area contributed by atoms with Gasteiger partial charge in [-0.25, -0.2) is 9.97 Å². The van der Waals surface area contributed by atoms with Crippen LogP contribution in [0.5, 0.6) is 0 Å². The minimum absolute atomic E-state index is 0.0472. The van der Waals surface area contributed by atoms with Gasteiger partial charge in [-0.05, 0) is 37.6 Å². The van der Waals surface area contributed by atoms with Gasteiger partial charge in [0.15, 0.2) is 11.4 Å². The number of imidazole rings is 1. The summed E-state index contributed by atoms with van der Waals surface area (Å²) in [6, 6.07) is 9.11. The Morgan fingerprint density at radius 1 is 1.24 bits per heavy atom. The molecule has 1 atom stereocenters. The summed E-state index contributed by atoms with van der Waals surface area (Å²) in [5.74, 6) is -0.625. The Bertz CT molecular complexity index is 958. The predicted octanol–water partition coefficient (Wildman–Crippen LogP) is 3.37. The molecule has 2 aromatic heterocycles. The molecule has 3 rings (SSSR count). The number of carboxylic acid groups (broad SMARTS) is 1. The Morgan fingerprint density at radius 3 is 2.48 bits per heavy atom. The minimum Gasteiger partial charge on any atom is -0.481 e. The number of ketones is 1. The zero-order chi connectivity index (χ0) is 18.1. The Balaban J connectivity index is 2.11. The number of pyridine rings is 1. The lowest BCUT2D eigenvalue weighted by atomic mass is 10.0. The molecular weight excluding hydrogens is 318 g/mol. The quantitative estimate of drug-likeness (QED) is 0.722. The maximum Gasteiger partial charge on any atom is 0.310 e. The predicted molar refractivity (Wildman–Crippen MR) is 94.3 cm³/mol. The van der Waals surface area contributed by atoms with E-state index >= 15 is 0 Å². The van der Waals surface area contributed by atoms with Crippen LogP contribution < -0.4 is 0 Å². The highest BCUT2D eigenvalue weighted by Crippen LogP contribution is 2.23. The van der Waals surface area contributed by atoms with Crippen molar-refractivity contribution in [2.24, 2.45) is 0 Å². The number of hydrogen-bond donors (Lipinski definition) is 1. The summed E-state index contributed by atoms with van der Waals surface area (Å²) < 4.78 is 1.94. The Morgan fingerprint density at radius 2 is 1.92 bits per heavy atom. The molecule has 1 unspecified atom stereocenters. The number of benzene rings is 1. The SMILES string of the molecule is CCc1nc2cc(C(C)=O)cnc2n1-c1ccc(C(C)C(=O)O)cc1. The molecule has 1 N–H and O–H groups in total. The number of aryl methyl sites for hydroxylation is 1. The molecule has 25 heavy (non-hydrogen) atoms. The smallest absolute Gasteiger partial charge is 0.310 e. The highest BCUT2D eigenvalue weighted by molar-refractivity contribution is 5.96. The molecule has 0 aliphatic rings. The van der Waals surface area contributed by atoms with E-state index in [-0.39, 0.29) is 5.78 Å². The van der Waals surface area contributed by atoms with Crippen molar-refractivity contribution in [2.75, 3.05) is 0 Å². The molecule has 0 spiro atoms. The van der Waals surface area contributed by atoms with Crippen molar-refractivity contribution in [3.05, 3.63) is 53.5 Å². The molecule has 3 aromatic rings. The summed E-state index contributed by atoms with van der Waals surface area (Å²) in [5.41, 5.74) is 3.49. The topological polar surface area (TPSA) is 85.1 Å². The molecule has 0 radical (unpaired) electrons. The van der Waals surface area contributed by atoms with E-state index in [1.807, 2.05) is 35.8 Å². The molecule has 2 heterocycles. The van der Waals surface area contributed by atoms with Crippen molar-refractivity contribution >= 4 is 22.9 Å². The third-order valence-corrected chi connectivity index (χ3v) is 4.31. The fourth-order valence-electron chi connectivity index (χ4n) is 2.77. The van der Waals surface area contributed by atoms with Crippen LogP contribution in [0.2, 0.25) is 0 Å². The van der Waals surface area contributed by atoms with Gasteiger partial charge >= 0.3 is 5.97 Å². The Labute approximate surface area is 145 Å². The van der Waals surface area contributed by atoms with Crippen molar-refractivity contribution in [2.45, 2.75) is 33.1 Å². The third-order valence-electron chi connectivity index (χ3n) is 4.31. The van der Waals surface area contributed by atoms with Crippen LogP contribution in [-0.2, 0) is 11.2 Å². The zero-order valence-electron chi connectivity index (χ0n) is 14.4. The summed E-state index contributed by atoms with van der Waals surface area (Å²) >= 11 is 0. The molecule has 128 valence electrons. The molecule has 0 aliphatic carbocycles. The van der Waals surface area contributed by atoms with Gasteiger partial charge in [0.2, 0.25) is 0 Å². The van der Waals surface area contributed by atoms with Gasteiger partial charge in [0, 0.05) is 23.9 Å². The van der Waals surface area contributed by atoms with Gasteiger partial charge in [-0.1, -0.05) is 19.1 Å². The maximum absolute atomic E-state index is 11.6. The van der Waals surface area contributed by atoms with Crippen LogP contribution in [0.4, 0.5) is 0 Å². The van der Waals surface area contributed by atoms with Crippen LogP contribution in [-0.4, -0.2) is 31.4 Å². The largest absolute Gasteiger partial charge is 0.481 e. The number of carbonyl (C=O) groups is 2. The van der Waals surface area contributed by atoms with E-state index in [2.05, 4.69) is 9.97 Å². The fourth-order valence-corrected chi connectivity index (χ4v) is 2.77. The number of aliphatic carboxylic acids is 1. The maximum atomic E-state index is 11.6. The Kier molecular flexibility index (Phi) is 4.35. The molecule has 1 aromatic carbocycles. The first-order valence-electron chi connectivity index (χ1n) is 8.13. The van der Waals surface area contributed by atoms with Gasteiger partial charge in [0.05, 0.1) is 5.92 Å². The standard InChI is InChI=1S/C19H19N3O3/c1-4-17-21-16-9-14(12(3)23)10-20-18(16)22(17)15-7-5-13(6-8-15)11(2)19(24)25/h5-11H,4H2,1-3H3,(H,24,25). The van der Waals surface area contributed by atoms with Gasteiger partial charge in [0.25, 0.3) is 0 Å². The highest BCUT2D eigenvalue weighted by Gasteiger charge is 2.16. The van der Waals surface area contributed by atoms with Gasteiger partial charge in [-0.2, -0.15) is 0 Å². The van der Waals surface area contributed by atoms with Crippen molar-refractivity contribution in [1.82, 2.24) is 14.5 Å². The lowest BCUT2D eigenvalue weighted by Crippen LogP contribution is -2.08.